The molecule has 2 heterocycles. The van der Waals surface area contributed by atoms with E-state index in [0.29, 0.717) is 5.52 Å². The van der Waals surface area contributed by atoms with Gasteiger partial charge in [-0.1, -0.05) is 21.3 Å². The minimum atomic E-state index is 0. The largest absolute Gasteiger partial charge is 0.870 e. The van der Waals surface area contributed by atoms with Gasteiger partial charge in [-0.3, -0.25) is 0 Å². The number of aryl methyl sites for hydroxylation is 1. The van der Waals surface area contributed by atoms with Crippen molar-refractivity contribution in [3.05, 3.63) is 54.2 Å². The third kappa shape index (κ3) is 2.38. The molecule has 2 aromatic carbocycles. The van der Waals surface area contributed by atoms with Crippen LogP contribution in [0.3, 0.4) is 0 Å². The monoisotopic (exact) mass is 340 g/mol. The van der Waals surface area contributed by atoms with Gasteiger partial charge in [0.25, 0.3) is 5.52 Å². The van der Waals surface area contributed by atoms with E-state index >= 15 is 0 Å². The number of fused-ring (bicyclic) bond motifs is 3. The van der Waals surface area contributed by atoms with Gasteiger partial charge in [0.05, 0.1) is 5.69 Å². The number of hydrogen-bond acceptors (Lipinski definition) is 5. The summed E-state index contributed by atoms with van der Waals surface area (Å²) in [5.41, 5.74) is 3.89. The van der Waals surface area contributed by atoms with Gasteiger partial charge in [-0.2, -0.15) is 0 Å². The minimum Gasteiger partial charge on any atom is -0.870 e. The van der Waals surface area contributed by atoms with Gasteiger partial charge < -0.3 is 10.6 Å². The van der Waals surface area contributed by atoms with E-state index in [1.54, 1.807) is 21.0 Å². The van der Waals surface area contributed by atoms with Crippen molar-refractivity contribution in [2.24, 2.45) is 0 Å². The number of para-hydroxylation sites is 2. The summed E-state index contributed by atoms with van der Waals surface area (Å²) in [5, 5.41) is 15.2. The summed E-state index contributed by atoms with van der Waals surface area (Å²) in [6.07, 6.45) is 2.03. The van der Waals surface area contributed by atoms with Crippen LogP contribution in [0.25, 0.3) is 22.2 Å². The van der Waals surface area contributed by atoms with Crippen molar-refractivity contribution in [2.45, 2.75) is 11.8 Å². The van der Waals surface area contributed by atoms with Crippen LogP contribution in [-0.2, 0) is 0 Å². The lowest BCUT2D eigenvalue weighted by Gasteiger charge is -1.97. The molecule has 4 aromatic rings. The first-order chi connectivity index (χ1) is 11.2. The molecule has 122 valence electrons. The maximum absolute atomic E-state index is 10.6. The molecule has 0 aliphatic rings. The smallest absolute Gasteiger partial charge is 0.361 e. The number of rotatable bonds is 2. The molecule has 2 aromatic heterocycles. The topological polar surface area (TPSA) is 85.0 Å². The second-order valence-electron chi connectivity index (χ2n) is 5.27. The molecule has 0 atom stereocenters. The Balaban J connectivity index is 0.00000169. The molecule has 0 aliphatic heterocycles. The van der Waals surface area contributed by atoms with Crippen LogP contribution in [0, 0.1) is 6.92 Å². The molecule has 0 saturated carbocycles. The average Bonchev–Trinajstić information content (AvgIpc) is 2.93. The van der Waals surface area contributed by atoms with Gasteiger partial charge in [-0.25, -0.2) is 4.98 Å². The zero-order chi connectivity index (χ0) is 16.0. The van der Waals surface area contributed by atoms with Crippen molar-refractivity contribution < 1.29 is 15.1 Å². The second-order valence-corrected chi connectivity index (χ2v) is 6.15. The summed E-state index contributed by atoms with van der Waals surface area (Å²) in [7, 11) is 0. The Labute approximate surface area is 142 Å². The van der Waals surface area contributed by atoms with Crippen LogP contribution in [0.2, 0.25) is 0 Å². The van der Waals surface area contributed by atoms with Gasteiger partial charge in [0.2, 0.25) is 0 Å². The third-order valence-corrected chi connectivity index (χ3v) is 4.60. The number of nitrogens with zero attached hydrogens (tertiary/aromatic N) is 4. The van der Waals surface area contributed by atoms with E-state index in [4.69, 9.17) is 0 Å². The van der Waals surface area contributed by atoms with E-state index in [2.05, 4.69) is 10.2 Å². The van der Waals surface area contributed by atoms with E-state index in [1.807, 2.05) is 61.7 Å². The molecular weight excluding hydrogens is 324 g/mol. The van der Waals surface area contributed by atoms with Crippen molar-refractivity contribution in [2.75, 3.05) is 6.26 Å². The molecule has 6 nitrogen and oxygen atoms in total. The molecule has 0 saturated heterocycles. The van der Waals surface area contributed by atoms with E-state index in [0.717, 1.165) is 22.4 Å². The fourth-order valence-electron chi connectivity index (χ4n) is 2.72. The predicted octanol–water partition coefficient (Wildman–Crippen LogP) is 2.72. The van der Waals surface area contributed by atoms with Gasteiger partial charge in [-0.05, 0) is 49.6 Å². The van der Waals surface area contributed by atoms with E-state index in [-0.39, 0.29) is 11.4 Å². The van der Waals surface area contributed by atoms with Crippen LogP contribution >= 0.6 is 11.8 Å². The maximum atomic E-state index is 10.6. The molecule has 4 rings (SSSR count). The zero-order valence-electron chi connectivity index (χ0n) is 13.2. The Morgan fingerprint density at radius 3 is 2.50 bits per heavy atom. The van der Waals surface area contributed by atoms with Crippen LogP contribution in [0.1, 0.15) is 5.69 Å². The van der Waals surface area contributed by atoms with Crippen LogP contribution in [0.4, 0.5) is 0 Å². The highest BCUT2D eigenvalue weighted by atomic mass is 32.2. The first-order valence-electron chi connectivity index (χ1n) is 7.23. The van der Waals surface area contributed by atoms with Gasteiger partial charge in [0.1, 0.15) is 10.7 Å². The fraction of sp³-hybridized carbons (Fsp3) is 0.118. The number of aromatic nitrogens is 4. The molecule has 0 bridgehead atoms. The van der Waals surface area contributed by atoms with Gasteiger partial charge in [0, 0.05) is 4.90 Å². The number of benzene rings is 2. The molecular formula is C17H16N4O2S. The van der Waals surface area contributed by atoms with Crippen molar-refractivity contribution in [3.63, 3.8) is 0 Å². The van der Waals surface area contributed by atoms with Gasteiger partial charge in [0.15, 0.2) is 11.2 Å². The molecule has 0 amide bonds. The van der Waals surface area contributed by atoms with E-state index in [9.17, 15) is 5.11 Å². The molecule has 2 N–H and O–H groups in total. The SMILES string of the molecule is CSc1ccc(-n2n[n+]3c(c(C)nc4ccccc43)c2O)cc1.[OH-]. The fourth-order valence-corrected chi connectivity index (χ4v) is 3.13. The van der Waals surface area contributed by atoms with Crippen LogP contribution < -0.4 is 4.52 Å². The van der Waals surface area contributed by atoms with Crippen molar-refractivity contribution in [3.8, 4) is 11.6 Å². The molecule has 0 fully saturated rings. The van der Waals surface area contributed by atoms with Crippen LogP contribution in [0.15, 0.2) is 53.4 Å². The highest BCUT2D eigenvalue weighted by Gasteiger charge is 2.25. The Kier molecular flexibility index (Phi) is 4.13. The number of hydrogen-bond donors (Lipinski definition) is 1. The van der Waals surface area contributed by atoms with Crippen molar-refractivity contribution >= 4 is 28.3 Å². The molecule has 24 heavy (non-hydrogen) atoms. The Hall–Kier alpha value is -2.64. The van der Waals surface area contributed by atoms with Crippen LogP contribution in [-0.4, -0.2) is 31.7 Å². The summed E-state index contributed by atoms with van der Waals surface area (Å²) in [5.74, 6) is 0.0951. The highest BCUT2D eigenvalue weighted by Crippen LogP contribution is 2.24. The first kappa shape index (κ1) is 16.2. The molecule has 0 spiro atoms. The minimum absolute atomic E-state index is 0. The molecule has 7 heteroatoms. The van der Waals surface area contributed by atoms with Crippen molar-refractivity contribution in [1.29, 1.82) is 0 Å². The lowest BCUT2D eigenvalue weighted by molar-refractivity contribution is -0.556. The molecule has 0 unspecified atom stereocenters. The van der Waals surface area contributed by atoms with Crippen molar-refractivity contribution in [1.82, 2.24) is 14.9 Å². The molecule has 0 radical (unpaired) electrons. The third-order valence-electron chi connectivity index (χ3n) is 3.86. The average molecular weight is 340 g/mol. The van der Waals surface area contributed by atoms with Gasteiger partial charge >= 0.3 is 5.88 Å². The van der Waals surface area contributed by atoms with E-state index < -0.39 is 0 Å². The Morgan fingerprint density at radius 2 is 1.79 bits per heavy atom. The first-order valence-corrected chi connectivity index (χ1v) is 8.45. The summed E-state index contributed by atoms with van der Waals surface area (Å²) < 4.78 is 3.29. The summed E-state index contributed by atoms with van der Waals surface area (Å²) in [6.45, 7) is 1.88. The van der Waals surface area contributed by atoms with E-state index in [1.165, 1.54) is 4.90 Å². The molecule has 0 aliphatic carbocycles. The summed E-state index contributed by atoms with van der Waals surface area (Å²) >= 11 is 1.68. The number of aromatic hydroxyl groups is 1. The quantitative estimate of drug-likeness (QED) is 0.448. The summed E-state index contributed by atoms with van der Waals surface area (Å²) in [4.78, 5) is 5.73. The standard InChI is InChI=1S/C17H14N4OS.H2O/c1-11-16-17(22)20(12-7-9-13(23-2)10-8-12)19-21(16)15-6-4-3-5-14(15)18-11;/h3-10H,1-2H3;1H2. The Morgan fingerprint density at radius 1 is 1.08 bits per heavy atom. The highest BCUT2D eigenvalue weighted by molar-refractivity contribution is 7.98. The Bertz CT molecular complexity index is 1030. The summed E-state index contributed by atoms with van der Waals surface area (Å²) in [6, 6.07) is 15.7. The normalized spacial score (nSPS) is 10.9. The number of thioether (sulfide) groups is 1. The zero-order valence-corrected chi connectivity index (χ0v) is 14.0. The lowest BCUT2D eigenvalue weighted by atomic mass is 10.2. The van der Waals surface area contributed by atoms with Crippen LogP contribution in [0.5, 0.6) is 5.88 Å². The predicted molar refractivity (Wildman–Crippen MR) is 92.1 cm³/mol. The van der Waals surface area contributed by atoms with Gasteiger partial charge in [-0.15, -0.1) is 11.8 Å². The second kappa shape index (κ2) is 6.10. The lowest BCUT2D eigenvalue weighted by Crippen LogP contribution is -2.27. The maximum Gasteiger partial charge on any atom is 0.361 e.